The predicted octanol–water partition coefficient (Wildman–Crippen LogP) is 3.08. The van der Waals surface area contributed by atoms with Gasteiger partial charge in [0.2, 0.25) is 0 Å². The van der Waals surface area contributed by atoms with Crippen LogP contribution in [0.15, 0.2) is 24.3 Å². The summed E-state index contributed by atoms with van der Waals surface area (Å²) < 4.78 is 57.7. The van der Waals surface area contributed by atoms with Gasteiger partial charge in [-0.3, -0.25) is 9.59 Å². The Kier molecular flexibility index (Phi) is 7.17. The molecule has 24 heavy (non-hydrogen) atoms. The Morgan fingerprint density at radius 3 is 2.25 bits per heavy atom. The minimum absolute atomic E-state index is 0.0474. The summed E-state index contributed by atoms with van der Waals surface area (Å²) in [7, 11) is 0. The Bertz CT molecular complexity index is 611. The van der Waals surface area contributed by atoms with Crippen molar-refractivity contribution < 1.29 is 36.6 Å². The average molecular weight is 347 g/mol. The van der Waals surface area contributed by atoms with Crippen LogP contribution in [-0.2, 0) is 14.3 Å². The van der Waals surface area contributed by atoms with E-state index >= 15 is 0 Å². The molecule has 1 aromatic carbocycles. The molecule has 1 rings (SSSR count). The number of halogens is 4. The van der Waals surface area contributed by atoms with Crippen LogP contribution in [0.1, 0.15) is 24.8 Å². The van der Waals surface area contributed by atoms with E-state index in [4.69, 9.17) is 10.00 Å². The maximum absolute atomic E-state index is 12.5. The molecule has 0 aliphatic heterocycles. The molecule has 0 heterocycles. The third-order valence-corrected chi connectivity index (χ3v) is 2.72. The van der Waals surface area contributed by atoms with Crippen LogP contribution in [0.4, 0.5) is 17.6 Å². The number of carbonyl (C=O) groups is 2. The van der Waals surface area contributed by atoms with Crippen molar-refractivity contribution >= 4 is 11.9 Å². The van der Waals surface area contributed by atoms with Crippen LogP contribution in [0.5, 0.6) is 5.75 Å². The van der Waals surface area contributed by atoms with Crippen LogP contribution in [0.25, 0.3) is 0 Å². The molecule has 0 aliphatic carbocycles. The molecule has 0 radical (unpaired) electrons. The molecule has 0 atom stereocenters. The maximum Gasteiger partial charge on any atom is 0.340 e. The molecule has 0 fully saturated rings. The number of rotatable bonds is 8. The normalized spacial score (nSPS) is 11.0. The van der Waals surface area contributed by atoms with Crippen LogP contribution in [0.3, 0.4) is 0 Å². The molecule has 0 spiro atoms. The zero-order valence-electron chi connectivity index (χ0n) is 12.3. The van der Waals surface area contributed by atoms with Gasteiger partial charge in [0.05, 0.1) is 11.6 Å². The first-order valence-corrected chi connectivity index (χ1v) is 6.77. The number of nitriles is 1. The van der Waals surface area contributed by atoms with E-state index in [0.29, 0.717) is 5.56 Å². The van der Waals surface area contributed by atoms with Crippen LogP contribution in [0.2, 0.25) is 0 Å². The number of hydrogen-bond acceptors (Lipinski definition) is 5. The van der Waals surface area contributed by atoms with Gasteiger partial charge in [0.15, 0.2) is 6.61 Å². The zero-order valence-corrected chi connectivity index (χ0v) is 12.3. The number of hydrogen-bond donors (Lipinski definition) is 0. The highest BCUT2D eigenvalue weighted by atomic mass is 19.3. The highest BCUT2D eigenvalue weighted by molar-refractivity contribution is 5.74. The fraction of sp³-hybridized carbons (Fsp3) is 0.400. The molecule has 0 amide bonds. The molecule has 0 saturated heterocycles. The van der Waals surface area contributed by atoms with Gasteiger partial charge in [0, 0.05) is 12.8 Å². The molecule has 0 saturated carbocycles. The Morgan fingerprint density at radius 1 is 1.12 bits per heavy atom. The number of alkyl halides is 4. The summed E-state index contributed by atoms with van der Waals surface area (Å²) in [4.78, 5) is 22.6. The topological polar surface area (TPSA) is 76.4 Å². The van der Waals surface area contributed by atoms with Gasteiger partial charge in [0.25, 0.3) is 0 Å². The molecule has 0 aromatic heterocycles. The Balaban J connectivity index is 2.27. The summed E-state index contributed by atoms with van der Waals surface area (Å²) in [6.07, 6.45) is -4.55. The monoisotopic (exact) mass is 347 g/mol. The van der Waals surface area contributed by atoms with Crippen LogP contribution < -0.4 is 4.74 Å². The summed E-state index contributed by atoms with van der Waals surface area (Å²) in [6, 6.07) is 7.61. The van der Waals surface area contributed by atoms with Crippen molar-refractivity contribution in [3.63, 3.8) is 0 Å². The molecule has 130 valence electrons. The molecule has 1 aromatic rings. The smallest absolute Gasteiger partial charge is 0.340 e. The van der Waals surface area contributed by atoms with Gasteiger partial charge in [-0.2, -0.15) is 14.0 Å². The summed E-state index contributed by atoms with van der Waals surface area (Å²) >= 11 is 0. The minimum Gasteiger partial charge on any atom is -0.459 e. The van der Waals surface area contributed by atoms with Crippen molar-refractivity contribution in [2.24, 2.45) is 0 Å². The fourth-order valence-corrected chi connectivity index (χ4v) is 1.47. The largest absolute Gasteiger partial charge is 0.459 e. The number of benzene rings is 1. The van der Waals surface area contributed by atoms with E-state index in [9.17, 15) is 27.2 Å². The lowest BCUT2D eigenvalue weighted by Crippen LogP contribution is -2.33. The van der Waals surface area contributed by atoms with Gasteiger partial charge < -0.3 is 9.47 Å². The van der Waals surface area contributed by atoms with Crippen LogP contribution in [0, 0.1) is 11.3 Å². The lowest BCUT2D eigenvalue weighted by molar-refractivity contribution is -0.179. The van der Waals surface area contributed by atoms with Crippen molar-refractivity contribution in [2.45, 2.75) is 31.6 Å². The van der Waals surface area contributed by atoms with Gasteiger partial charge in [0.1, 0.15) is 5.75 Å². The van der Waals surface area contributed by atoms with E-state index in [1.807, 2.05) is 6.07 Å². The molecular formula is C15H13F4NO4. The first-order chi connectivity index (χ1) is 11.2. The van der Waals surface area contributed by atoms with Gasteiger partial charge in [-0.15, -0.1) is 0 Å². The summed E-state index contributed by atoms with van der Waals surface area (Å²) in [5.74, 6) is -5.98. The lowest BCUT2D eigenvalue weighted by atomic mass is 10.2. The van der Waals surface area contributed by atoms with Gasteiger partial charge in [-0.05, 0) is 30.7 Å². The minimum atomic E-state index is -4.40. The number of carbonyl (C=O) groups excluding carboxylic acids is 2. The Hall–Kier alpha value is -2.63. The number of esters is 2. The quantitative estimate of drug-likeness (QED) is 0.410. The first-order valence-electron chi connectivity index (χ1n) is 6.77. The molecule has 0 N–H and O–H groups in total. The second-order valence-electron chi connectivity index (χ2n) is 4.69. The second-order valence-corrected chi connectivity index (χ2v) is 4.69. The maximum atomic E-state index is 12.5. The van der Waals surface area contributed by atoms with E-state index in [-0.39, 0.29) is 25.0 Å². The van der Waals surface area contributed by atoms with Gasteiger partial charge >= 0.3 is 24.3 Å². The molecule has 0 aliphatic rings. The number of ether oxygens (including phenoxy) is 2. The van der Waals surface area contributed by atoms with Gasteiger partial charge in [-0.25, -0.2) is 8.78 Å². The van der Waals surface area contributed by atoms with E-state index < -0.39 is 30.9 Å². The zero-order chi connectivity index (χ0) is 18.2. The van der Waals surface area contributed by atoms with E-state index in [0.717, 1.165) is 0 Å². The SMILES string of the molecule is N#Cc1ccc(OC(=O)CCCC(=O)OCC(F)(F)C(F)F)cc1. The molecule has 9 heteroatoms. The third-order valence-electron chi connectivity index (χ3n) is 2.72. The highest BCUT2D eigenvalue weighted by Gasteiger charge is 2.42. The summed E-state index contributed by atoms with van der Waals surface area (Å²) in [6.45, 7) is -1.71. The van der Waals surface area contributed by atoms with Crippen molar-refractivity contribution in [1.29, 1.82) is 5.26 Å². The highest BCUT2D eigenvalue weighted by Crippen LogP contribution is 2.23. The van der Waals surface area contributed by atoms with Crippen molar-refractivity contribution in [1.82, 2.24) is 0 Å². The molecular weight excluding hydrogens is 334 g/mol. The predicted molar refractivity (Wildman–Crippen MR) is 72.6 cm³/mol. The standard InChI is InChI=1S/C15H13F4NO4/c16-14(17)15(18,19)9-23-12(21)2-1-3-13(22)24-11-6-4-10(8-20)5-7-11/h4-7,14H,1-3,9H2. The lowest BCUT2D eigenvalue weighted by Gasteiger charge is -2.14. The summed E-state index contributed by atoms with van der Waals surface area (Å²) in [5, 5.41) is 8.61. The van der Waals surface area contributed by atoms with E-state index in [1.165, 1.54) is 24.3 Å². The molecule has 5 nitrogen and oxygen atoms in total. The second kappa shape index (κ2) is 8.86. The van der Waals surface area contributed by atoms with E-state index in [2.05, 4.69) is 4.74 Å². The van der Waals surface area contributed by atoms with Crippen molar-refractivity contribution in [3.05, 3.63) is 29.8 Å². The van der Waals surface area contributed by atoms with E-state index in [1.54, 1.807) is 0 Å². The van der Waals surface area contributed by atoms with Crippen molar-refractivity contribution in [2.75, 3.05) is 6.61 Å². The van der Waals surface area contributed by atoms with Crippen LogP contribution in [-0.4, -0.2) is 30.9 Å². The van der Waals surface area contributed by atoms with Crippen molar-refractivity contribution in [3.8, 4) is 11.8 Å². The van der Waals surface area contributed by atoms with Crippen LogP contribution >= 0.6 is 0 Å². The Labute approximate surface area is 134 Å². The third kappa shape index (κ3) is 6.64. The Morgan fingerprint density at radius 2 is 1.71 bits per heavy atom. The average Bonchev–Trinajstić information content (AvgIpc) is 2.53. The summed E-state index contributed by atoms with van der Waals surface area (Å²) in [5.41, 5.74) is 0.387. The fourth-order valence-electron chi connectivity index (χ4n) is 1.47. The first kappa shape index (κ1) is 19.4. The van der Waals surface area contributed by atoms with Gasteiger partial charge in [-0.1, -0.05) is 0 Å². The molecule has 0 bridgehead atoms. The molecule has 0 unspecified atom stereocenters. The number of nitrogens with zero attached hydrogens (tertiary/aromatic N) is 1.